The zero-order valence-electron chi connectivity index (χ0n) is 11.4. The zero-order valence-corrected chi connectivity index (χ0v) is 12.2. The molecule has 0 bridgehead atoms. The van der Waals surface area contributed by atoms with Crippen LogP contribution in [0.1, 0.15) is 42.2 Å². The van der Waals surface area contributed by atoms with Gasteiger partial charge in [-0.1, -0.05) is 0 Å². The van der Waals surface area contributed by atoms with Crippen LogP contribution in [0.3, 0.4) is 0 Å². The highest BCUT2D eigenvalue weighted by atomic mass is 32.1. The Kier molecular flexibility index (Phi) is 4.22. The fourth-order valence-electron chi connectivity index (χ4n) is 3.23. The number of aryl methyl sites for hydroxylation is 1. The number of ether oxygens (including phenoxy) is 1. The Morgan fingerprint density at radius 2 is 2.26 bits per heavy atom. The van der Waals surface area contributed by atoms with Gasteiger partial charge in [0.15, 0.2) is 0 Å². The first-order valence-corrected chi connectivity index (χ1v) is 8.19. The van der Waals surface area contributed by atoms with Crippen molar-refractivity contribution >= 4 is 11.3 Å². The van der Waals surface area contributed by atoms with Gasteiger partial charge in [0, 0.05) is 36.1 Å². The van der Waals surface area contributed by atoms with Crippen molar-refractivity contribution in [1.29, 1.82) is 0 Å². The summed E-state index contributed by atoms with van der Waals surface area (Å²) in [5, 5.41) is 15.7. The van der Waals surface area contributed by atoms with Gasteiger partial charge in [0.25, 0.3) is 0 Å². The maximum absolute atomic E-state index is 9.73. The summed E-state index contributed by atoms with van der Waals surface area (Å²) in [4.78, 5) is 1.55. The molecule has 3 nitrogen and oxygen atoms in total. The molecule has 0 radical (unpaired) electrons. The van der Waals surface area contributed by atoms with Crippen LogP contribution in [0, 0.1) is 5.41 Å². The molecule has 1 fully saturated rings. The van der Waals surface area contributed by atoms with Gasteiger partial charge in [0.1, 0.15) is 0 Å². The Bertz CT molecular complexity index is 412. The van der Waals surface area contributed by atoms with Crippen LogP contribution in [0.2, 0.25) is 0 Å². The molecule has 1 atom stereocenters. The van der Waals surface area contributed by atoms with Gasteiger partial charge in [-0.25, -0.2) is 0 Å². The average molecular weight is 281 g/mol. The highest BCUT2D eigenvalue weighted by Gasteiger charge is 2.33. The highest BCUT2D eigenvalue weighted by molar-refractivity contribution is 7.10. The minimum absolute atomic E-state index is 0.0336. The van der Waals surface area contributed by atoms with Crippen LogP contribution in [0.25, 0.3) is 0 Å². The van der Waals surface area contributed by atoms with E-state index < -0.39 is 0 Å². The molecule has 3 rings (SSSR count). The van der Waals surface area contributed by atoms with Crippen LogP contribution >= 0.6 is 11.3 Å². The van der Waals surface area contributed by atoms with Gasteiger partial charge in [0.2, 0.25) is 0 Å². The number of hydrogen-bond donors (Lipinski definition) is 2. The van der Waals surface area contributed by atoms with Crippen molar-refractivity contribution in [3.8, 4) is 0 Å². The first-order valence-electron chi connectivity index (χ1n) is 7.31. The van der Waals surface area contributed by atoms with E-state index in [1.165, 1.54) is 24.8 Å². The standard InChI is InChI=1S/C15H23NO2S/c17-11-15(5-7-18-8-6-15)10-16-13-2-1-3-14-12(13)4-9-19-14/h4,9,13,16-17H,1-3,5-8,10-11H2. The molecule has 1 unspecified atom stereocenters. The highest BCUT2D eigenvalue weighted by Crippen LogP contribution is 2.35. The second-order valence-electron chi connectivity index (χ2n) is 5.90. The molecule has 0 aromatic carbocycles. The molecule has 106 valence electrons. The largest absolute Gasteiger partial charge is 0.396 e. The fourth-order valence-corrected chi connectivity index (χ4v) is 4.22. The molecular formula is C15H23NO2S. The van der Waals surface area contributed by atoms with Gasteiger partial charge in [0.05, 0.1) is 6.61 Å². The summed E-state index contributed by atoms with van der Waals surface area (Å²) in [5.41, 5.74) is 1.53. The van der Waals surface area contributed by atoms with Crippen molar-refractivity contribution in [1.82, 2.24) is 5.32 Å². The smallest absolute Gasteiger partial charge is 0.0501 e. The second kappa shape index (κ2) is 5.92. The lowest BCUT2D eigenvalue weighted by molar-refractivity contribution is -0.0167. The van der Waals surface area contributed by atoms with Crippen LogP contribution in [0.15, 0.2) is 11.4 Å². The van der Waals surface area contributed by atoms with E-state index in [2.05, 4.69) is 16.8 Å². The van der Waals surface area contributed by atoms with Crippen molar-refractivity contribution in [2.45, 2.75) is 38.1 Å². The van der Waals surface area contributed by atoms with E-state index in [9.17, 15) is 5.11 Å². The summed E-state index contributed by atoms with van der Waals surface area (Å²) in [6, 6.07) is 2.76. The molecule has 1 aromatic rings. The Hall–Kier alpha value is -0.420. The third kappa shape index (κ3) is 2.87. The topological polar surface area (TPSA) is 41.5 Å². The van der Waals surface area contributed by atoms with Crippen LogP contribution in [-0.4, -0.2) is 31.5 Å². The number of nitrogens with one attached hydrogen (secondary N) is 1. The van der Waals surface area contributed by atoms with Crippen molar-refractivity contribution in [2.24, 2.45) is 5.41 Å². The summed E-state index contributed by atoms with van der Waals surface area (Å²) in [6.45, 7) is 2.76. The maximum Gasteiger partial charge on any atom is 0.0501 e. The first-order chi connectivity index (χ1) is 9.33. The molecule has 19 heavy (non-hydrogen) atoms. The molecule has 1 aromatic heterocycles. The Labute approximate surface area is 119 Å². The average Bonchev–Trinajstić information content (AvgIpc) is 2.95. The third-order valence-corrected chi connectivity index (χ3v) is 5.66. The predicted octanol–water partition coefficient (Wildman–Crippen LogP) is 2.50. The zero-order chi connectivity index (χ0) is 13.1. The van der Waals surface area contributed by atoms with Gasteiger partial charge < -0.3 is 15.2 Å². The van der Waals surface area contributed by atoms with Crippen molar-refractivity contribution < 1.29 is 9.84 Å². The van der Waals surface area contributed by atoms with E-state index in [0.29, 0.717) is 6.04 Å². The minimum atomic E-state index is 0.0336. The van der Waals surface area contributed by atoms with Crippen molar-refractivity contribution in [3.05, 3.63) is 21.9 Å². The maximum atomic E-state index is 9.73. The normalized spacial score (nSPS) is 26.1. The van der Waals surface area contributed by atoms with E-state index in [1.807, 2.05) is 11.3 Å². The lowest BCUT2D eigenvalue weighted by atomic mass is 9.80. The summed E-state index contributed by atoms with van der Waals surface area (Å²) in [7, 11) is 0. The number of hydrogen-bond acceptors (Lipinski definition) is 4. The molecule has 1 aliphatic carbocycles. The Morgan fingerprint density at radius 1 is 1.42 bits per heavy atom. The van der Waals surface area contributed by atoms with Gasteiger partial charge in [-0.15, -0.1) is 11.3 Å². The van der Waals surface area contributed by atoms with E-state index >= 15 is 0 Å². The van der Waals surface area contributed by atoms with Gasteiger partial charge in [-0.05, 0) is 49.1 Å². The van der Waals surface area contributed by atoms with Crippen LogP contribution in [-0.2, 0) is 11.2 Å². The Morgan fingerprint density at radius 3 is 3.05 bits per heavy atom. The third-order valence-electron chi connectivity index (χ3n) is 4.66. The summed E-state index contributed by atoms with van der Waals surface area (Å²) in [6.07, 6.45) is 5.69. The number of aliphatic hydroxyl groups is 1. The van der Waals surface area contributed by atoms with E-state index in [4.69, 9.17) is 4.74 Å². The summed E-state index contributed by atoms with van der Waals surface area (Å²) < 4.78 is 5.43. The number of fused-ring (bicyclic) bond motifs is 1. The predicted molar refractivity (Wildman–Crippen MR) is 77.6 cm³/mol. The van der Waals surface area contributed by atoms with Crippen LogP contribution in [0.5, 0.6) is 0 Å². The SMILES string of the molecule is OCC1(CNC2CCCc3sccc32)CCOCC1. The molecule has 4 heteroatoms. The van der Waals surface area contributed by atoms with Crippen LogP contribution < -0.4 is 5.32 Å². The lowest BCUT2D eigenvalue weighted by Crippen LogP contribution is -2.43. The van der Waals surface area contributed by atoms with Crippen molar-refractivity contribution in [3.63, 3.8) is 0 Å². The monoisotopic (exact) mass is 281 g/mol. The molecule has 2 N–H and O–H groups in total. The van der Waals surface area contributed by atoms with E-state index in [1.54, 1.807) is 4.88 Å². The van der Waals surface area contributed by atoms with Crippen LogP contribution in [0.4, 0.5) is 0 Å². The van der Waals surface area contributed by atoms with Gasteiger partial charge in [-0.3, -0.25) is 0 Å². The number of rotatable bonds is 4. The molecule has 0 saturated carbocycles. The second-order valence-corrected chi connectivity index (χ2v) is 6.90. The number of aliphatic hydroxyl groups excluding tert-OH is 1. The molecule has 2 aliphatic rings. The first kappa shape index (κ1) is 13.6. The number of thiophene rings is 1. The molecule has 1 saturated heterocycles. The molecule has 0 amide bonds. The quantitative estimate of drug-likeness (QED) is 0.891. The van der Waals surface area contributed by atoms with E-state index in [-0.39, 0.29) is 12.0 Å². The summed E-state index contributed by atoms with van der Waals surface area (Å²) in [5.74, 6) is 0. The summed E-state index contributed by atoms with van der Waals surface area (Å²) >= 11 is 1.89. The van der Waals surface area contributed by atoms with Crippen molar-refractivity contribution in [2.75, 3.05) is 26.4 Å². The fraction of sp³-hybridized carbons (Fsp3) is 0.733. The molecule has 1 aliphatic heterocycles. The lowest BCUT2D eigenvalue weighted by Gasteiger charge is -2.37. The molecule has 2 heterocycles. The van der Waals surface area contributed by atoms with Gasteiger partial charge in [-0.2, -0.15) is 0 Å². The minimum Gasteiger partial charge on any atom is -0.396 e. The Balaban J connectivity index is 1.63. The molecular weight excluding hydrogens is 258 g/mol. The van der Waals surface area contributed by atoms with E-state index in [0.717, 1.165) is 32.6 Å². The molecule has 0 spiro atoms. The van der Waals surface area contributed by atoms with Gasteiger partial charge >= 0.3 is 0 Å².